The molecule has 142 valence electrons. The van der Waals surface area contributed by atoms with Gasteiger partial charge in [0.2, 0.25) is 0 Å². The van der Waals surface area contributed by atoms with E-state index in [-0.39, 0.29) is 24.0 Å². The van der Waals surface area contributed by atoms with E-state index < -0.39 is 0 Å². The molecule has 0 bridgehead atoms. The van der Waals surface area contributed by atoms with Crippen LogP contribution >= 0.6 is 24.0 Å². The average Bonchev–Trinajstić information content (AvgIpc) is 3.16. The topological polar surface area (TPSA) is 42.9 Å². The predicted octanol–water partition coefficient (Wildman–Crippen LogP) is 2.37. The Hall–Kier alpha value is -0.0800. The lowest BCUT2D eigenvalue weighted by Crippen LogP contribution is -2.47. The Balaban J connectivity index is 0.00000288. The summed E-state index contributed by atoms with van der Waals surface area (Å²) in [6, 6.07) is 1.14. The Kier molecular flexibility index (Phi) is 10.5. The molecule has 2 unspecified atom stereocenters. The molecule has 0 radical (unpaired) electrons. The number of likely N-dealkylation sites (tertiary alicyclic amines) is 2. The lowest BCUT2D eigenvalue weighted by atomic mass is 10.1. The van der Waals surface area contributed by atoms with Crippen LogP contribution in [0.25, 0.3) is 0 Å². The molecule has 2 rings (SSSR count). The first-order valence-corrected chi connectivity index (χ1v) is 9.53. The van der Waals surface area contributed by atoms with Crippen LogP contribution < -0.4 is 10.6 Å². The molecule has 0 amide bonds. The molecule has 5 nitrogen and oxygen atoms in total. The van der Waals surface area contributed by atoms with Crippen LogP contribution in [0.15, 0.2) is 4.99 Å². The largest absolute Gasteiger partial charge is 0.356 e. The van der Waals surface area contributed by atoms with Crippen LogP contribution in [0.5, 0.6) is 0 Å². The van der Waals surface area contributed by atoms with E-state index in [2.05, 4.69) is 46.2 Å². The van der Waals surface area contributed by atoms with E-state index in [0.717, 1.165) is 19.0 Å². The third kappa shape index (κ3) is 7.04. The van der Waals surface area contributed by atoms with Crippen LogP contribution in [0.1, 0.15) is 46.5 Å². The summed E-state index contributed by atoms with van der Waals surface area (Å²) < 4.78 is 0. The van der Waals surface area contributed by atoms with Crippen molar-refractivity contribution in [3.8, 4) is 0 Å². The third-order valence-electron chi connectivity index (χ3n) is 5.31. The second-order valence-corrected chi connectivity index (χ2v) is 7.53. The van der Waals surface area contributed by atoms with Crippen LogP contribution in [-0.2, 0) is 0 Å². The minimum Gasteiger partial charge on any atom is -0.356 e. The van der Waals surface area contributed by atoms with Crippen molar-refractivity contribution in [1.82, 2.24) is 20.4 Å². The first-order chi connectivity index (χ1) is 11.1. The Bertz CT molecular complexity index is 368. The summed E-state index contributed by atoms with van der Waals surface area (Å²) in [6.07, 6.45) is 5.28. The average molecular weight is 451 g/mol. The van der Waals surface area contributed by atoms with E-state index in [1.54, 1.807) is 0 Å². The zero-order valence-electron chi connectivity index (χ0n) is 16.1. The van der Waals surface area contributed by atoms with Gasteiger partial charge in [-0.05, 0) is 65.1 Å². The highest BCUT2D eigenvalue weighted by atomic mass is 127. The number of rotatable bonds is 7. The van der Waals surface area contributed by atoms with E-state index in [1.807, 2.05) is 7.05 Å². The normalized spacial score (nSPS) is 26.0. The molecular weight excluding hydrogens is 413 g/mol. The number of nitrogens with zero attached hydrogens (tertiary/aromatic N) is 3. The van der Waals surface area contributed by atoms with E-state index >= 15 is 0 Å². The smallest absolute Gasteiger partial charge is 0.191 e. The number of aliphatic imine (C=N–C) groups is 1. The highest BCUT2D eigenvalue weighted by Gasteiger charge is 2.31. The summed E-state index contributed by atoms with van der Waals surface area (Å²) in [6.45, 7) is 14.1. The molecule has 2 atom stereocenters. The first kappa shape index (κ1) is 22.0. The van der Waals surface area contributed by atoms with Crippen molar-refractivity contribution in [2.75, 3.05) is 46.3 Å². The van der Waals surface area contributed by atoms with Gasteiger partial charge in [-0.1, -0.05) is 6.92 Å². The SMILES string of the molecule is CN=C(NCCCCN1CCCC1)NC1CN(C(C)C)CC1C.I. The summed E-state index contributed by atoms with van der Waals surface area (Å²) >= 11 is 0. The predicted molar refractivity (Wildman–Crippen MR) is 114 cm³/mol. The highest BCUT2D eigenvalue weighted by molar-refractivity contribution is 14.0. The van der Waals surface area contributed by atoms with Crippen molar-refractivity contribution in [3.05, 3.63) is 0 Å². The molecule has 2 heterocycles. The third-order valence-corrected chi connectivity index (χ3v) is 5.31. The van der Waals surface area contributed by atoms with Gasteiger partial charge in [0.15, 0.2) is 5.96 Å². The fourth-order valence-electron chi connectivity index (χ4n) is 3.66. The highest BCUT2D eigenvalue weighted by Crippen LogP contribution is 2.18. The van der Waals surface area contributed by atoms with Gasteiger partial charge in [0.1, 0.15) is 0 Å². The lowest BCUT2D eigenvalue weighted by molar-refractivity contribution is 0.265. The number of nitrogens with one attached hydrogen (secondary N) is 2. The van der Waals surface area contributed by atoms with Gasteiger partial charge >= 0.3 is 0 Å². The number of guanidine groups is 1. The van der Waals surface area contributed by atoms with Gasteiger partial charge in [-0.2, -0.15) is 0 Å². The number of hydrogen-bond acceptors (Lipinski definition) is 3. The maximum Gasteiger partial charge on any atom is 0.191 e. The summed E-state index contributed by atoms with van der Waals surface area (Å²) in [4.78, 5) is 9.53. The summed E-state index contributed by atoms with van der Waals surface area (Å²) in [5.41, 5.74) is 0. The van der Waals surface area contributed by atoms with Crippen LogP contribution in [-0.4, -0.2) is 74.2 Å². The van der Waals surface area contributed by atoms with Gasteiger partial charge in [0.25, 0.3) is 0 Å². The van der Waals surface area contributed by atoms with Gasteiger partial charge < -0.3 is 15.5 Å². The molecule has 0 saturated carbocycles. The van der Waals surface area contributed by atoms with Gasteiger partial charge in [-0.15, -0.1) is 24.0 Å². The monoisotopic (exact) mass is 451 g/mol. The minimum atomic E-state index is 0. The standard InChI is InChI=1S/C18H37N5.HI/c1-15(2)23-13-16(3)17(14-23)21-18(19-4)20-9-5-6-10-22-11-7-8-12-22;/h15-17H,5-14H2,1-4H3,(H2,19,20,21);1H. The van der Waals surface area contributed by atoms with E-state index in [9.17, 15) is 0 Å². The van der Waals surface area contributed by atoms with Crippen molar-refractivity contribution in [2.24, 2.45) is 10.9 Å². The van der Waals surface area contributed by atoms with E-state index in [4.69, 9.17) is 0 Å². The molecule has 24 heavy (non-hydrogen) atoms. The second-order valence-electron chi connectivity index (χ2n) is 7.53. The van der Waals surface area contributed by atoms with Crippen molar-refractivity contribution in [3.63, 3.8) is 0 Å². The number of halogens is 1. The van der Waals surface area contributed by atoms with Crippen LogP contribution in [0.2, 0.25) is 0 Å². The van der Waals surface area contributed by atoms with E-state index in [0.29, 0.717) is 18.0 Å². The molecule has 2 saturated heterocycles. The molecule has 2 aliphatic rings. The van der Waals surface area contributed by atoms with Gasteiger partial charge in [0, 0.05) is 38.8 Å². The molecular formula is C18H38IN5. The number of unbranched alkanes of at least 4 members (excludes halogenated alkanes) is 1. The molecule has 0 spiro atoms. The quantitative estimate of drug-likeness (QED) is 0.270. The van der Waals surface area contributed by atoms with Gasteiger partial charge in [-0.25, -0.2) is 0 Å². The fourth-order valence-corrected chi connectivity index (χ4v) is 3.66. The molecule has 0 aliphatic carbocycles. The molecule has 2 aliphatic heterocycles. The lowest BCUT2D eigenvalue weighted by Gasteiger charge is -2.22. The van der Waals surface area contributed by atoms with Crippen molar-refractivity contribution in [2.45, 2.75) is 58.5 Å². The molecule has 2 N–H and O–H groups in total. The maximum absolute atomic E-state index is 4.40. The summed E-state index contributed by atoms with van der Waals surface area (Å²) in [7, 11) is 1.87. The zero-order valence-corrected chi connectivity index (χ0v) is 18.4. The molecule has 6 heteroatoms. The molecule has 0 aromatic carbocycles. The Morgan fingerprint density at radius 2 is 1.88 bits per heavy atom. The first-order valence-electron chi connectivity index (χ1n) is 9.53. The second kappa shape index (κ2) is 11.5. The molecule has 0 aromatic heterocycles. The Morgan fingerprint density at radius 3 is 2.46 bits per heavy atom. The fraction of sp³-hybridized carbons (Fsp3) is 0.944. The Labute approximate surface area is 166 Å². The van der Waals surface area contributed by atoms with Crippen molar-refractivity contribution >= 4 is 29.9 Å². The minimum absolute atomic E-state index is 0. The van der Waals surface area contributed by atoms with Gasteiger partial charge in [-0.3, -0.25) is 9.89 Å². The number of hydrogen-bond donors (Lipinski definition) is 2. The Morgan fingerprint density at radius 1 is 1.17 bits per heavy atom. The van der Waals surface area contributed by atoms with Gasteiger partial charge in [0.05, 0.1) is 0 Å². The van der Waals surface area contributed by atoms with Crippen molar-refractivity contribution < 1.29 is 0 Å². The summed E-state index contributed by atoms with van der Waals surface area (Å²) in [5, 5.41) is 7.11. The summed E-state index contributed by atoms with van der Waals surface area (Å²) in [5.74, 6) is 1.64. The molecule has 0 aromatic rings. The van der Waals surface area contributed by atoms with Crippen LogP contribution in [0.4, 0.5) is 0 Å². The molecule has 2 fully saturated rings. The van der Waals surface area contributed by atoms with E-state index in [1.165, 1.54) is 51.9 Å². The zero-order chi connectivity index (χ0) is 16.7. The van der Waals surface area contributed by atoms with Crippen LogP contribution in [0, 0.1) is 5.92 Å². The van der Waals surface area contributed by atoms with Crippen molar-refractivity contribution in [1.29, 1.82) is 0 Å². The van der Waals surface area contributed by atoms with Crippen LogP contribution in [0.3, 0.4) is 0 Å². The maximum atomic E-state index is 4.40.